The molecular weight excluding hydrogens is 298 g/mol. The lowest BCUT2D eigenvalue weighted by Gasteiger charge is -2.22. The molecule has 0 radical (unpaired) electrons. The first kappa shape index (κ1) is 14.8. The van der Waals surface area contributed by atoms with Crippen molar-refractivity contribution in [1.82, 2.24) is 9.97 Å². The van der Waals surface area contributed by atoms with Crippen LogP contribution in [-0.4, -0.2) is 22.4 Å². The number of carbonyl (C=O) groups excluding carboxylic acids is 1. The number of carbonyl (C=O) groups is 1. The average Bonchev–Trinajstić information content (AvgIpc) is 3.44. The predicted molar refractivity (Wildman–Crippen MR) is 94.8 cm³/mol. The van der Waals surface area contributed by atoms with Gasteiger partial charge in [-0.2, -0.15) is 0 Å². The van der Waals surface area contributed by atoms with E-state index in [2.05, 4.69) is 16.0 Å². The number of anilines is 1. The molecule has 4 heteroatoms. The first-order chi connectivity index (χ1) is 11.8. The Balaban J connectivity index is 1.57. The second-order valence-electron chi connectivity index (χ2n) is 6.37. The molecule has 0 bridgehead atoms. The number of rotatable bonds is 5. The van der Waals surface area contributed by atoms with Crippen LogP contribution >= 0.6 is 0 Å². The van der Waals surface area contributed by atoms with Crippen molar-refractivity contribution in [3.8, 4) is 0 Å². The van der Waals surface area contributed by atoms with Gasteiger partial charge in [0.1, 0.15) is 0 Å². The molecule has 0 spiro atoms. The van der Waals surface area contributed by atoms with Crippen LogP contribution in [0.2, 0.25) is 0 Å². The first-order valence-electron chi connectivity index (χ1n) is 8.34. The highest BCUT2D eigenvalue weighted by Crippen LogP contribution is 2.31. The molecule has 3 aromatic rings. The summed E-state index contributed by atoms with van der Waals surface area (Å²) in [6.45, 7) is 0.783. The monoisotopic (exact) mass is 317 g/mol. The third-order valence-electron chi connectivity index (χ3n) is 4.40. The highest BCUT2D eigenvalue weighted by Gasteiger charge is 2.27. The summed E-state index contributed by atoms with van der Waals surface area (Å²) in [5, 5.41) is 1.07. The largest absolute Gasteiger partial charge is 0.310 e. The molecule has 0 atom stereocenters. The number of amides is 1. The van der Waals surface area contributed by atoms with Crippen molar-refractivity contribution >= 4 is 22.5 Å². The van der Waals surface area contributed by atoms with Gasteiger partial charge in [-0.05, 0) is 48.6 Å². The van der Waals surface area contributed by atoms with Gasteiger partial charge in [0.05, 0.1) is 23.8 Å². The van der Waals surface area contributed by atoms with E-state index in [1.165, 1.54) is 12.8 Å². The summed E-state index contributed by atoms with van der Waals surface area (Å²) in [7, 11) is 0. The van der Waals surface area contributed by atoms with Crippen molar-refractivity contribution in [2.75, 3.05) is 11.4 Å². The Labute approximate surface area is 141 Å². The Morgan fingerprint density at radius 1 is 1.12 bits per heavy atom. The number of para-hydroxylation sites is 1. The number of benzene rings is 1. The van der Waals surface area contributed by atoms with E-state index in [1.54, 1.807) is 18.6 Å². The lowest BCUT2D eigenvalue weighted by atomic mass is 10.1. The Morgan fingerprint density at radius 2 is 2.00 bits per heavy atom. The Morgan fingerprint density at radius 3 is 2.79 bits per heavy atom. The minimum Gasteiger partial charge on any atom is -0.310 e. The van der Waals surface area contributed by atoms with E-state index >= 15 is 0 Å². The molecule has 0 aliphatic heterocycles. The lowest BCUT2D eigenvalue weighted by molar-refractivity contribution is -0.118. The van der Waals surface area contributed by atoms with Crippen molar-refractivity contribution in [1.29, 1.82) is 0 Å². The van der Waals surface area contributed by atoms with Crippen molar-refractivity contribution in [2.45, 2.75) is 19.3 Å². The zero-order valence-electron chi connectivity index (χ0n) is 13.4. The van der Waals surface area contributed by atoms with Gasteiger partial charge in [0.25, 0.3) is 0 Å². The van der Waals surface area contributed by atoms with Crippen LogP contribution < -0.4 is 4.90 Å². The third-order valence-corrected chi connectivity index (χ3v) is 4.40. The topological polar surface area (TPSA) is 46.1 Å². The second kappa shape index (κ2) is 6.40. The highest BCUT2D eigenvalue weighted by atomic mass is 16.2. The zero-order chi connectivity index (χ0) is 16.4. The Bertz CT molecular complexity index is 859. The fourth-order valence-corrected chi connectivity index (χ4v) is 2.91. The summed E-state index contributed by atoms with van der Waals surface area (Å²) < 4.78 is 0. The van der Waals surface area contributed by atoms with Gasteiger partial charge in [0, 0.05) is 24.3 Å². The number of aromatic nitrogens is 2. The molecule has 0 N–H and O–H groups in total. The van der Waals surface area contributed by atoms with E-state index in [-0.39, 0.29) is 5.91 Å². The molecule has 24 heavy (non-hydrogen) atoms. The molecule has 1 saturated carbocycles. The maximum absolute atomic E-state index is 12.9. The molecule has 1 aliphatic rings. The molecule has 2 aromatic heterocycles. The van der Waals surface area contributed by atoms with Crippen LogP contribution in [0.25, 0.3) is 10.9 Å². The van der Waals surface area contributed by atoms with Gasteiger partial charge in [0.2, 0.25) is 5.91 Å². The van der Waals surface area contributed by atoms with E-state index in [0.717, 1.165) is 28.7 Å². The van der Waals surface area contributed by atoms with Crippen LogP contribution in [-0.2, 0) is 11.2 Å². The van der Waals surface area contributed by atoms with Crippen LogP contribution in [0.4, 0.5) is 5.69 Å². The lowest BCUT2D eigenvalue weighted by Crippen LogP contribution is -2.34. The molecule has 4 nitrogen and oxygen atoms in total. The van der Waals surface area contributed by atoms with Gasteiger partial charge in [-0.3, -0.25) is 14.8 Å². The highest BCUT2D eigenvalue weighted by molar-refractivity contribution is 5.95. The van der Waals surface area contributed by atoms with Gasteiger partial charge in [-0.15, -0.1) is 0 Å². The van der Waals surface area contributed by atoms with Gasteiger partial charge in [-0.1, -0.05) is 18.2 Å². The van der Waals surface area contributed by atoms with Crippen molar-refractivity contribution in [3.05, 3.63) is 66.6 Å². The molecule has 0 saturated heterocycles. The van der Waals surface area contributed by atoms with Crippen molar-refractivity contribution in [3.63, 3.8) is 0 Å². The van der Waals surface area contributed by atoms with Gasteiger partial charge in [0.15, 0.2) is 0 Å². The van der Waals surface area contributed by atoms with E-state index in [9.17, 15) is 4.79 Å². The number of fused-ring (bicyclic) bond motifs is 1. The zero-order valence-corrected chi connectivity index (χ0v) is 13.4. The molecule has 120 valence electrons. The van der Waals surface area contributed by atoms with Crippen LogP contribution in [0.1, 0.15) is 18.4 Å². The summed E-state index contributed by atoms with van der Waals surface area (Å²) in [4.78, 5) is 23.4. The van der Waals surface area contributed by atoms with E-state index in [0.29, 0.717) is 12.3 Å². The van der Waals surface area contributed by atoms with Gasteiger partial charge in [-0.25, -0.2) is 0 Å². The number of hydrogen-bond acceptors (Lipinski definition) is 3. The molecule has 1 amide bonds. The summed E-state index contributed by atoms with van der Waals surface area (Å²) in [6, 6.07) is 13.9. The molecule has 2 heterocycles. The first-order valence-corrected chi connectivity index (χ1v) is 8.34. The standard InChI is InChI=1S/C20H19N3O/c24-20(11-16-10-17-4-1-2-6-19(17)22-12-16)23(14-15-7-8-15)18-5-3-9-21-13-18/h1-6,9-10,12-13,15H,7-8,11,14H2. The van der Waals surface area contributed by atoms with Crippen molar-refractivity contribution in [2.24, 2.45) is 5.92 Å². The molecule has 4 rings (SSSR count). The number of hydrogen-bond donors (Lipinski definition) is 0. The van der Waals surface area contributed by atoms with Crippen LogP contribution in [0, 0.1) is 5.92 Å². The maximum Gasteiger partial charge on any atom is 0.231 e. The predicted octanol–water partition coefficient (Wildman–Crippen LogP) is 3.62. The van der Waals surface area contributed by atoms with E-state index in [4.69, 9.17) is 0 Å². The quantitative estimate of drug-likeness (QED) is 0.722. The van der Waals surface area contributed by atoms with Crippen molar-refractivity contribution < 1.29 is 4.79 Å². The molecular formula is C20H19N3O. The number of pyridine rings is 2. The average molecular weight is 317 g/mol. The minimum absolute atomic E-state index is 0.104. The fourth-order valence-electron chi connectivity index (χ4n) is 2.91. The molecule has 1 aliphatic carbocycles. The molecule has 1 aromatic carbocycles. The summed E-state index contributed by atoms with van der Waals surface area (Å²) >= 11 is 0. The summed E-state index contributed by atoms with van der Waals surface area (Å²) in [5.74, 6) is 0.732. The van der Waals surface area contributed by atoms with Gasteiger partial charge < -0.3 is 4.90 Å². The number of nitrogens with zero attached hydrogens (tertiary/aromatic N) is 3. The Hall–Kier alpha value is -2.75. The smallest absolute Gasteiger partial charge is 0.231 e. The van der Waals surface area contributed by atoms with E-state index in [1.807, 2.05) is 41.3 Å². The summed E-state index contributed by atoms with van der Waals surface area (Å²) in [6.07, 6.45) is 8.08. The fraction of sp³-hybridized carbons (Fsp3) is 0.250. The van der Waals surface area contributed by atoms with Gasteiger partial charge >= 0.3 is 0 Å². The second-order valence-corrected chi connectivity index (χ2v) is 6.37. The third kappa shape index (κ3) is 3.27. The Kier molecular flexibility index (Phi) is 3.95. The van der Waals surface area contributed by atoms with Crippen LogP contribution in [0.5, 0.6) is 0 Å². The van der Waals surface area contributed by atoms with Crippen LogP contribution in [0.15, 0.2) is 61.1 Å². The summed E-state index contributed by atoms with van der Waals surface area (Å²) in [5.41, 5.74) is 2.78. The minimum atomic E-state index is 0.104. The SMILES string of the molecule is O=C(Cc1cnc2ccccc2c1)N(CC1CC1)c1cccnc1. The maximum atomic E-state index is 12.9. The molecule has 1 fully saturated rings. The van der Waals surface area contributed by atoms with Crippen LogP contribution in [0.3, 0.4) is 0 Å². The molecule has 0 unspecified atom stereocenters. The normalized spacial score (nSPS) is 13.8. The van der Waals surface area contributed by atoms with E-state index < -0.39 is 0 Å².